The fourth-order valence-electron chi connectivity index (χ4n) is 3.45. The summed E-state index contributed by atoms with van der Waals surface area (Å²) in [5, 5.41) is 26.5. The Morgan fingerprint density at radius 3 is 1.42 bits per heavy atom. The van der Waals surface area contributed by atoms with Gasteiger partial charge in [0.25, 0.3) is 0 Å². The maximum atomic E-state index is 11.8. The van der Waals surface area contributed by atoms with Crippen LogP contribution in [0.25, 0.3) is 0 Å². The molecule has 2 amide bonds. The third-order valence-corrected chi connectivity index (χ3v) is 5.64. The van der Waals surface area contributed by atoms with Crippen molar-refractivity contribution in [1.82, 2.24) is 20.4 Å². The molecule has 0 fully saturated rings. The molecule has 4 atom stereocenters. The third-order valence-electron chi connectivity index (χ3n) is 5.64. The van der Waals surface area contributed by atoms with Gasteiger partial charge in [0.05, 0.1) is 12.2 Å². The smallest absolute Gasteiger partial charge is 0.224 e. The zero-order valence-electron chi connectivity index (χ0n) is 21.8. The summed E-state index contributed by atoms with van der Waals surface area (Å²) in [5.41, 5.74) is 0. The van der Waals surface area contributed by atoms with Gasteiger partial charge in [0.2, 0.25) is 11.8 Å². The number of hydrogen-bond donors (Lipinski definition) is 4. The number of aliphatic hydroxyl groups excluding tert-OH is 2. The van der Waals surface area contributed by atoms with Crippen LogP contribution in [0.2, 0.25) is 0 Å². The topological polar surface area (TPSA) is 114 Å². The molecular formula is C24H50N4O5. The van der Waals surface area contributed by atoms with Crippen molar-refractivity contribution in [3.63, 3.8) is 0 Å². The molecule has 0 aliphatic heterocycles. The fraction of sp³-hybridized carbons (Fsp3) is 0.917. The van der Waals surface area contributed by atoms with E-state index in [9.17, 15) is 19.8 Å². The zero-order chi connectivity index (χ0) is 25.2. The number of hydrogen-bond acceptors (Lipinski definition) is 7. The molecule has 9 nitrogen and oxygen atoms in total. The minimum absolute atomic E-state index is 0.0187. The van der Waals surface area contributed by atoms with E-state index in [4.69, 9.17) is 4.74 Å². The zero-order valence-corrected chi connectivity index (χ0v) is 21.8. The van der Waals surface area contributed by atoms with Gasteiger partial charge in [-0.25, -0.2) is 0 Å². The van der Waals surface area contributed by atoms with Crippen LogP contribution in [0.1, 0.15) is 52.4 Å². The minimum atomic E-state index is -0.419. The summed E-state index contributed by atoms with van der Waals surface area (Å²) >= 11 is 0. The van der Waals surface area contributed by atoms with Crippen LogP contribution in [-0.2, 0) is 14.3 Å². The minimum Gasteiger partial charge on any atom is -0.392 e. The molecule has 0 bridgehead atoms. The first-order valence-corrected chi connectivity index (χ1v) is 12.3. The van der Waals surface area contributed by atoms with E-state index in [2.05, 4.69) is 10.6 Å². The Bertz CT molecular complexity index is 475. The van der Waals surface area contributed by atoms with Crippen molar-refractivity contribution in [3.05, 3.63) is 0 Å². The number of rotatable bonds is 20. The molecule has 0 aliphatic rings. The molecule has 0 rings (SSSR count). The Morgan fingerprint density at radius 2 is 1.09 bits per heavy atom. The van der Waals surface area contributed by atoms with E-state index in [1.54, 1.807) is 38.0 Å². The number of nitrogens with one attached hydrogen (secondary N) is 2. The summed E-state index contributed by atoms with van der Waals surface area (Å²) in [6.07, 6.45) is 3.57. The van der Waals surface area contributed by atoms with E-state index in [0.717, 1.165) is 25.7 Å². The van der Waals surface area contributed by atoms with Gasteiger partial charge in [-0.2, -0.15) is 0 Å². The Balaban J connectivity index is 3.55. The van der Waals surface area contributed by atoms with Gasteiger partial charge in [-0.05, 0) is 51.6 Å². The lowest BCUT2D eigenvalue weighted by molar-refractivity contribution is -0.133. The van der Waals surface area contributed by atoms with Crippen molar-refractivity contribution in [2.75, 3.05) is 67.6 Å². The Hall–Kier alpha value is -1.26. The summed E-state index contributed by atoms with van der Waals surface area (Å²) in [6, 6.07) is 0. The van der Waals surface area contributed by atoms with Gasteiger partial charge in [0.1, 0.15) is 0 Å². The summed E-state index contributed by atoms with van der Waals surface area (Å²) < 4.78 is 5.60. The summed E-state index contributed by atoms with van der Waals surface area (Å²) in [7, 11) is 7.05. The lowest BCUT2D eigenvalue weighted by atomic mass is 10.1. The first-order valence-electron chi connectivity index (χ1n) is 12.3. The van der Waals surface area contributed by atoms with E-state index >= 15 is 0 Å². The van der Waals surface area contributed by atoms with Gasteiger partial charge in [-0.15, -0.1) is 0 Å². The second-order valence-corrected chi connectivity index (χ2v) is 9.46. The van der Waals surface area contributed by atoms with Crippen LogP contribution in [0, 0.1) is 11.8 Å². The van der Waals surface area contributed by atoms with Crippen LogP contribution in [0.4, 0.5) is 0 Å². The van der Waals surface area contributed by atoms with Crippen LogP contribution >= 0.6 is 0 Å². The molecule has 4 unspecified atom stereocenters. The molecule has 33 heavy (non-hydrogen) atoms. The largest absolute Gasteiger partial charge is 0.392 e. The molecule has 0 aliphatic carbocycles. The van der Waals surface area contributed by atoms with E-state index in [1.807, 2.05) is 13.8 Å². The first kappa shape index (κ1) is 31.7. The molecule has 0 heterocycles. The Labute approximate surface area is 201 Å². The van der Waals surface area contributed by atoms with Crippen LogP contribution in [0.15, 0.2) is 0 Å². The standard InChI is InChI=1S/C24H50N4O5/c1-19(23(31)27(3)4)11-13-25-17-21(29)9-7-15-33-16-8-10-22(30)18-26-14-12-20(2)24(32)28(5)6/h19-22,25-26,29-30H,7-18H2,1-6H3. The van der Waals surface area contributed by atoms with Crippen LogP contribution in [-0.4, -0.2) is 112 Å². The highest BCUT2D eigenvalue weighted by Crippen LogP contribution is 2.05. The SMILES string of the molecule is CC(CCNCC(O)CCCOCCCC(O)CNCCC(C)C(=O)N(C)C)C(=O)N(C)C. The second kappa shape index (κ2) is 19.1. The molecule has 4 N–H and O–H groups in total. The fourth-order valence-corrected chi connectivity index (χ4v) is 3.45. The van der Waals surface area contributed by atoms with Crippen molar-refractivity contribution in [2.45, 2.75) is 64.6 Å². The highest BCUT2D eigenvalue weighted by molar-refractivity contribution is 5.78. The Kier molecular flexibility index (Phi) is 18.4. The summed E-state index contributed by atoms with van der Waals surface area (Å²) in [5.74, 6) is 0.215. The number of amides is 2. The monoisotopic (exact) mass is 474 g/mol. The molecule has 196 valence electrons. The van der Waals surface area contributed by atoms with E-state index in [-0.39, 0.29) is 23.7 Å². The second-order valence-electron chi connectivity index (χ2n) is 9.46. The van der Waals surface area contributed by atoms with Gasteiger partial charge >= 0.3 is 0 Å². The number of carbonyl (C=O) groups excluding carboxylic acids is 2. The van der Waals surface area contributed by atoms with Gasteiger partial charge < -0.3 is 35.4 Å². The summed E-state index contributed by atoms with van der Waals surface area (Å²) in [6.45, 7) is 7.48. The van der Waals surface area contributed by atoms with Crippen LogP contribution in [0.5, 0.6) is 0 Å². The maximum absolute atomic E-state index is 11.8. The molecule has 0 aromatic carbocycles. The normalized spacial score (nSPS) is 15.0. The molecule has 9 heteroatoms. The predicted octanol–water partition coefficient (Wildman–Crippen LogP) is 0.693. The molecular weight excluding hydrogens is 424 g/mol. The quantitative estimate of drug-likeness (QED) is 0.192. The predicted molar refractivity (Wildman–Crippen MR) is 132 cm³/mol. The van der Waals surface area contributed by atoms with Gasteiger partial charge in [-0.3, -0.25) is 9.59 Å². The highest BCUT2D eigenvalue weighted by atomic mass is 16.5. The van der Waals surface area contributed by atoms with E-state index < -0.39 is 12.2 Å². The van der Waals surface area contributed by atoms with E-state index in [1.165, 1.54) is 0 Å². The highest BCUT2D eigenvalue weighted by Gasteiger charge is 2.15. The average Bonchev–Trinajstić information content (AvgIpc) is 2.77. The number of nitrogens with zero attached hydrogens (tertiary/aromatic N) is 2. The lowest BCUT2D eigenvalue weighted by Gasteiger charge is -2.18. The number of aliphatic hydroxyl groups is 2. The van der Waals surface area contributed by atoms with Crippen molar-refractivity contribution < 1.29 is 24.5 Å². The summed E-state index contributed by atoms with van der Waals surface area (Å²) in [4.78, 5) is 26.8. The maximum Gasteiger partial charge on any atom is 0.224 e. The molecule has 0 saturated carbocycles. The molecule has 0 saturated heterocycles. The van der Waals surface area contributed by atoms with Crippen molar-refractivity contribution >= 4 is 11.8 Å². The first-order chi connectivity index (χ1) is 15.6. The van der Waals surface area contributed by atoms with Gasteiger partial charge in [0, 0.05) is 66.3 Å². The van der Waals surface area contributed by atoms with E-state index in [0.29, 0.717) is 52.2 Å². The molecule has 0 aromatic rings. The van der Waals surface area contributed by atoms with Crippen LogP contribution < -0.4 is 10.6 Å². The lowest BCUT2D eigenvalue weighted by Crippen LogP contribution is -2.32. The van der Waals surface area contributed by atoms with Crippen molar-refractivity contribution in [3.8, 4) is 0 Å². The van der Waals surface area contributed by atoms with Gasteiger partial charge in [0.15, 0.2) is 0 Å². The van der Waals surface area contributed by atoms with Crippen LogP contribution in [0.3, 0.4) is 0 Å². The van der Waals surface area contributed by atoms with Crippen molar-refractivity contribution in [1.29, 1.82) is 0 Å². The Morgan fingerprint density at radius 1 is 0.727 bits per heavy atom. The van der Waals surface area contributed by atoms with Gasteiger partial charge in [-0.1, -0.05) is 13.8 Å². The molecule has 0 aromatic heterocycles. The number of carbonyl (C=O) groups is 2. The molecule has 0 radical (unpaired) electrons. The average molecular weight is 475 g/mol. The van der Waals surface area contributed by atoms with Crippen molar-refractivity contribution in [2.24, 2.45) is 11.8 Å². The molecule has 0 spiro atoms. The number of ether oxygens (including phenoxy) is 1. The third kappa shape index (κ3) is 16.9.